The van der Waals surface area contributed by atoms with Gasteiger partial charge in [0.2, 0.25) is 0 Å². The van der Waals surface area contributed by atoms with Gasteiger partial charge in [-0.25, -0.2) is 0 Å². The van der Waals surface area contributed by atoms with Crippen LogP contribution in [0.25, 0.3) is 5.57 Å². The van der Waals surface area contributed by atoms with Crippen molar-refractivity contribution >= 4 is 11.3 Å². The first kappa shape index (κ1) is 12.4. The number of aliphatic imine (C=N–C) groups is 1. The summed E-state index contributed by atoms with van der Waals surface area (Å²) in [5, 5.41) is 0. The van der Waals surface area contributed by atoms with Crippen molar-refractivity contribution in [2.24, 2.45) is 4.99 Å². The van der Waals surface area contributed by atoms with Crippen molar-refractivity contribution in [2.45, 2.75) is 27.7 Å². The van der Waals surface area contributed by atoms with Gasteiger partial charge in [0.15, 0.2) is 0 Å². The van der Waals surface area contributed by atoms with E-state index in [0.717, 1.165) is 11.4 Å². The molecule has 0 saturated heterocycles. The highest BCUT2D eigenvalue weighted by molar-refractivity contribution is 5.94. The van der Waals surface area contributed by atoms with E-state index in [0.29, 0.717) is 0 Å². The van der Waals surface area contributed by atoms with Crippen molar-refractivity contribution in [3.63, 3.8) is 0 Å². The van der Waals surface area contributed by atoms with Crippen LogP contribution in [0.1, 0.15) is 33.3 Å². The molecule has 0 atom stereocenters. The smallest absolute Gasteiger partial charge is 0.0410 e. The van der Waals surface area contributed by atoms with E-state index < -0.39 is 0 Å². The molecule has 1 rings (SSSR count). The lowest BCUT2D eigenvalue weighted by molar-refractivity contribution is 1.28. The summed E-state index contributed by atoms with van der Waals surface area (Å²) >= 11 is 0. The van der Waals surface area contributed by atoms with Crippen LogP contribution in [0.2, 0.25) is 0 Å². The number of rotatable bonds is 3. The molecule has 0 unspecified atom stereocenters. The molecule has 0 aliphatic carbocycles. The molecule has 0 saturated carbocycles. The number of hydrogen-bond acceptors (Lipinski definition) is 1. The van der Waals surface area contributed by atoms with Gasteiger partial charge in [-0.1, -0.05) is 36.4 Å². The van der Waals surface area contributed by atoms with Gasteiger partial charge in [0.05, 0.1) is 0 Å². The summed E-state index contributed by atoms with van der Waals surface area (Å²) in [5.74, 6) is 0. The molecule has 1 aromatic carbocycles. The van der Waals surface area contributed by atoms with Gasteiger partial charge in [0.25, 0.3) is 0 Å². The normalized spacial score (nSPS) is 14.1. The van der Waals surface area contributed by atoms with Crippen LogP contribution in [0.15, 0.2) is 53.2 Å². The largest absolute Gasteiger partial charge is 0.258 e. The first-order chi connectivity index (χ1) is 7.65. The standard InChI is InChI=1S/C15H19N/c1-5-9-12(2)16-14(4)13(3)15-10-7-6-8-11-15/h5-11H,1-4H3/b9-5-,14-13-,16-12-. The molecule has 0 aliphatic heterocycles. The van der Waals surface area contributed by atoms with Gasteiger partial charge in [-0.3, -0.25) is 4.99 Å². The van der Waals surface area contributed by atoms with Crippen LogP contribution in [0, 0.1) is 0 Å². The lowest BCUT2D eigenvalue weighted by atomic mass is 10.1. The van der Waals surface area contributed by atoms with E-state index in [4.69, 9.17) is 0 Å². The highest BCUT2D eigenvalue weighted by Crippen LogP contribution is 2.18. The molecular weight excluding hydrogens is 194 g/mol. The summed E-state index contributed by atoms with van der Waals surface area (Å²) < 4.78 is 0. The molecule has 1 heteroatoms. The van der Waals surface area contributed by atoms with Gasteiger partial charge in [-0.05, 0) is 44.9 Å². The van der Waals surface area contributed by atoms with Crippen LogP contribution in [-0.4, -0.2) is 5.71 Å². The fourth-order valence-corrected chi connectivity index (χ4v) is 1.52. The average Bonchev–Trinajstić information content (AvgIpc) is 2.29. The van der Waals surface area contributed by atoms with Crippen LogP contribution in [-0.2, 0) is 0 Å². The van der Waals surface area contributed by atoms with Crippen molar-refractivity contribution in [3.8, 4) is 0 Å². The highest BCUT2D eigenvalue weighted by atomic mass is 14.7. The molecule has 16 heavy (non-hydrogen) atoms. The van der Waals surface area contributed by atoms with Crippen molar-refractivity contribution in [3.05, 3.63) is 53.7 Å². The third kappa shape index (κ3) is 3.50. The lowest BCUT2D eigenvalue weighted by Crippen LogP contribution is -1.88. The quantitative estimate of drug-likeness (QED) is 0.657. The second kappa shape index (κ2) is 6.06. The summed E-state index contributed by atoms with van der Waals surface area (Å²) in [6.45, 7) is 8.18. The van der Waals surface area contributed by atoms with Crippen LogP contribution >= 0.6 is 0 Å². The minimum Gasteiger partial charge on any atom is -0.258 e. The maximum Gasteiger partial charge on any atom is 0.0410 e. The molecule has 0 spiro atoms. The average molecular weight is 213 g/mol. The third-order valence-corrected chi connectivity index (χ3v) is 2.50. The molecular formula is C15H19N. The zero-order valence-corrected chi connectivity index (χ0v) is 10.5. The van der Waals surface area contributed by atoms with Crippen molar-refractivity contribution in [1.29, 1.82) is 0 Å². The van der Waals surface area contributed by atoms with Crippen LogP contribution in [0.3, 0.4) is 0 Å². The topological polar surface area (TPSA) is 12.4 Å². The Morgan fingerprint density at radius 3 is 2.25 bits per heavy atom. The minimum atomic E-state index is 1.04. The van der Waals surface area contributed by atoms with Crippen molar-refractivity contribution < 1.29 is 0 Å². The van der Waals surface area contributed by atoms with E-state index in [1.807, 2.05) is 32.1 Å². The lowest BCUT2D eigenvalue weighted by Gasteiger charge is -2.04. The van der Waals surface area contributed by atoms with Crippen LogP contribution < -0.4 is 0 Å². The van der Waals surface area contributed by atoms with E-state index in [9.17, 15) is 0 Å². The van der Waals surface area contributed by atoms with Crippen LogP contribution in [0.4, 0.5) is 0 Å². The van der Waals surface area contributed by atoms with E-state index >= 15 is 0 Å². The Morgan fingerprint density at radius 2 is 1.69 bits per heavy atom. The Hall–Kier alpha value is -1.63. The molecule has 0 fully saturated rings. The highest BCUT2D eigenvalue weighted by Gasteiger charge is 1.98. The summed E-state index contributed by atoms with van der Waals surface area (Å²) in [7, 11) is 0. The second-order valence-electron chi connectivity index (χ2n) is 3.83. The third-order valence-electron chi connectivity index (χ3n) is 2.50. The van der Waals surface area contributed by atoms with Gasteiger partial charge in [0, 0.05) is 11.4 Å². The molecule has 1 nitrogen and oxygen atoms in total. The molecule has 0 bridgehead atoms. The fourth-order valence-electron chi connectivity index (χ4n) is 1.52. The van der Waals surface area contributed by atoms with Gasteiger partial charge in [-0.2, -0.15) is 0 Å². The summed E-state index contributed by atoms with van der Waals surface area (Å²) in [4.78, 5) is 4.55. The van der Waals surface area contributed by atoms with Gasteiger partial charge in [0.1, 0.15) is 0 Å². The molecule has 1 aromatic rings. The number of nitrogens with zero attached hydrogens (tertiary/aromatic N) is 1. The van der Waals surface area contributed by atoms with Crippen molar-refractivity contribution in [2.75, 3.05) is 0 Å². The number of allylic oxidation sites excluding steroid dienone is 4. The molecule has 0 radical (unpaired) electrons. The van der Waals surface area contributed by atoms with Gasteiger partial charge >= 0.3 is 0 Å². The molecule has 84 valence electrons. The fraction of sp³-hybridized carbons (Fsp3) is 0.267. The van der Waals surface area contributed by atoms with E-state index in [-0.39, 0.29) is 0 Å². The maximum atomic E-state index is 4.55. The van der Waals surface area contributed by atoms with E-state index in [1.54, 1.807) is 0 Å². The van der Waals surface area contributed by atoms with Crippen molar-refractivity contribution in [1.82, 2.24) is 0 Å². The SMILES string of the molecule is C\C=C/C(C)=N\C(C)=C(\C)c1ccccc1. The molecule has 0 amide bonds. The second-order valence-corrected chi connectivity index (χ2v) is 3.83. The first-order valence-electron chi connectivity index (χ1n) is 5.56. The minimum absolute atomic E-state index is 1.04. The monoisotopic (exact) mass is 213 g/mol. The Morgan fingerprint density at radius 1 is 1.06 bits per heavy atom. The number of benzene rings is 1. The van der Waals surface area contributed by atoms with Gasteiger partial charge in [-0.15, -0.1) is 0 Å². The molecule has 0 heterocycles. The van der Waals surface area contributed by atoms with Gasteiger partial charge < -0.3 is 0 Å². The maximum absolute atomic E-state index is 4.55. The Kier molecular flexibility index (Phi) is 4.71. The summed E-state index contributed by atoms with van der Waals surface area (Å²) in [6.07, 6.45) is 4.02. The molecule has 0 aliphatic rings. The Labute approximate surface area is 98.2 Å². The summed E-state index contributed by atoms with van der Waals surface area (Å²) in [6, 6.07) is 10.3. The Balaban J connectivity index is 3.02. The molecule has 0 aromatic heterocycles. The summed E-state index contributed by atoms with van der Waals surface area (Å²) in [5.41, 5.74) is 4.57. The predicted molar refractivity (Wildman–Crippen MR) is 72.6 cm³/mol. The number of hydrogen-bond donors (Lipinski definition) is 0. The van der Waals surface area contributed by atoms with Crippen LogP contribution in [0.5, 0.6) is 0 Å². The zero-order valence-electron chi connectivity index (χ0n) is 10.5. The zero-order chi connectivity index (χ0) is 12.0. The molecule has 0 N–H and O–H groups in total. The predicted octanol–water partition coefficient (Wildman–Crippen LogP) is 4.47. The Bertz CT molecular complexity index is 422. The van der Waals surface area contributed by atoms with E-state index in [1.165, 1.54) is 11.1 Å². The van der Waals surface area contributed by atoms with E-state index in [2.05, 4.69) is 43.1 Å². The first-order valence-corrected chi connectivity index (χ1v) is 5.56.